The molecule has 0 saturated carbocycles. The fourth-order valence-corrected chi connectivity index (χ4v) is 3.45. The molecule has 1 aliphatic rings. The van der Waals surface area contributed by atoms with Crippen LogP contribution in [-0.2, 0) is 6.61 Å². The Labute approximate surface area is 178 Å². The number of allylic oxidation sites excluding steroid dienone is 1. The van der Waals surface area contributed by atoms with Crippen LogP contribution in [0.25, 0.3) is 6.08 Å². The molecule has 0 saturated heterocycles. The van der Waals surface area contributed by atoms with Crippen molar-refractivity contribution in [2.75, 3.05) is 7.11 Å². The molecule has 146 valence electrons. The molecule has 0 aromatic heterocycles. The number of ether oxygens (including phenoxy) is 3. The van der Waals surface area contributed by atoms with Crippen LogP contribution in [0.2, 0.25) is 10.0 Å². The van der Waals surface area contributed by atoms with Gasteiger partial charge in [-0.25, -0.2) is 0 Å². The Kier molecular flexibility index (Phi) is 5.47. The second-order valence-corrected chi connectivity index (χ2v) is 7.21. The normalized spacial score (nSPS) is 13.9. The molecule has 1 aliphatic heterocycles. The first-order valence-corrected chi connectivity index (χ1v) is 9.59. The largest absolute Gasteiger partial charge is 0.496 e. The van der Waals surface area contributed by atoms with Gasteiger partial charge in [0.1, 0.15) is 23.9 Å². The van der Waals surface area contributed by atoms with Crippen LogP contribution in [-0.4, -0.2) is 12.9 Å². The molecule has 3 aromatic rings. The second kappa shape index (κ2) is 8.19. The van der Waals surface area contributed by atoms with E-state index in [0.717, 1.165) is 11.1 Å². The molecule has 4 nitrogen and oxygen atoms in total. The van der Waals surface area contributed by atoms with Crippen LogP contribution in [0.5, 0.6) is 17.2 Å². The number of ketones is 1. The standard InChI is InChI=1S/C23H16Cl2O4/c1-27-20-5-3-2-4-14(20)10-22-23(26)18-9-8-17(12-21(18)29-22)28-13-15-6-7-16(24)11-19(15)25/h2-12H,13H2,1H3. The number of Topliss-reactive ketones (excluding diaryl/α,β-unsaturated/α-hetero) is 1. The molecule has 4 rings (SSSR count). The van der Waals surface area contributed by atoms with Gasteiger partial charge >= 0.3 is 0 Å². The highest BCUT2D eigenvalue weighted by Gasteiger charge is 2.28. The lowest BCUT2D eigenvalue weighted by molar-refractivity contribution is 0.101. The van der Waals surface area contributed by atoms with Crippen molar-refractivity contribution in [1.82, 2.24) is 0 Å². The maximum atomic E-state index is 12.7. The van der Waals surface area contributed by atoms with Crippen molar-refractivity contribution in [3.8, 4) is 17.2 Å². The zero-order valence-corrected chi connectivity index (χ0v) is 17.0. The number of hydrogen-bond acceptors (Lipinski definition) is 4. The fraction of sp³-hybridized carbons (Fsp3) is 0.0870. The summed E-state index contributed by atoms with van der Waals surface area (Å²) >= 11 is 12.1. The van der Waals surface area contributed by atoms with Crippen molar-refractivity contribution in [2.24, 2.45) is 0 Å². The Bertz CT molecular complexity index is 1120. The van der Waals surface area contributed by atoms with Gasteiger partial charge in [0.05, 0.1) is 12.7 Å². The van der Waals surface area contributed by atoms with E-state index in [9.17, 15) is 4.79 Å². The summed E-state index contributed by atoms with van der Waals surface area (Å²) in [5.41, 5.74) is 2.06. The number of halogens is 2. The van der Waals surface area contributed by atoms with Gasteiger partial charge in [-0.3, -0.25) is 4.79 Å². The van der Waals surface area contributed by atoms with Gasteiger partial charge in [-0.1, -0.05) is 47.5 Å². The Morgan fingerprint density at radius 2 is 1.86 bits per heavy atom. The van der Waals surface area contributed by atoms with Crippen molar-refractivity contribution in [3.05, 3.63) is 93.2 Å². The van der Waals surface area contributed by atoms with Crippen LogP contribution in [0.3, 0.4) is 0 Å². The zero-order chi connectivity index (χ0) is 20.4. The number of carbonyl (C=O) groups is 1. The Hall–Kier alpha value is -2.95. The molecule has 6 heteroatoms. The van der Waals surface area contributed by atoms with E-state index in [0.29, 0.717) is 32.9 Å². The molecular formula is C23H16Cl2O4. The van der Waals surface area contributed by atoms with Gasteiger partial charge in [-0.15, -0.1) is 0 Å². The summed E-state index contributed by atoms with van der Waals surface area (Å²) in [4.78, 5) is 12.7. The highest BCUT2D eigenvalue weighted by molar-refractivity contribution is 6.35. The van der Waals surface area contributed by atoms with E-state index in [1.54, 1.807) is 43.5 Å². The van der Waals surface area contributed by atoms with E-state index < -0.39 is 0 Å². The summed E-state index contributed by atoms with van der Waals surface area (Å²) in [7, 11) is 1.58. The van der Waals surface area contributed by atoms with Crippen molar-refractivity contribution in [2.45, 2.75) is 6.61 Å². The topological polar surface area (TPSA) is 44.8 Å². The zero-order valence-electron chi connectivity index (χ0n) is 15.4. The highest BCUT2D eigenvalue weighted by Crippen LogP contribution is 2.36. The van der Waals surface area contributed by atoms with Gasteiger partial charge < -0.3 is 14.2 Å². The molecule has 0 unspecified atom stereocenters. The molecule has 0 N–H and O–H groups in total. The Balaban J connectivity index is 1.53. The highest BCUT2D eigenvalue weighted by atomic mass is 35.5. The number of rotatable bonds is 5. The monoisotopic (exact) mass is 426 g/mol. The van der Waals surface area contributed by atoms with Gasteiger partial charge in [0.2, 0.25) is 5.78 Å². The smallest absolute Gasteiger partial charge is 0.231 e. The molecule has 0 spiro atoms. The molecule has 0 radical (unpaired) electrons. The van der Waals surface area contributed by atoms with Gasteiger partial charge in [0, 0.05) is 27.2 Å². The summed E-state index contributed by atoms with van der Waals surface area (Å²) in [6.45, 7) is 0.270. The molecule has 1 heterocycles. The minimum Gasteiger partial charge on any atom is -0.496 e. The van der Waals surface area contributed by atoms with E-state index in [-0.39, 0.29) is 18.1 Å². The number of carbonyl (C=O) groups excluding carboxylic acids is 1. The third kappa shape index (κ3) is 4.09. The van der Waals surface area contributed by atoms with Crippen LogP contribution < -0.4 is 14.2 Å². The van der Waals surface area contributed by atoms with E-state index in [4.69, 9.17) is 37.4 Å². The predicted molar refractivity (Wildman–Crippen MR) is 113 cm³/mol. The van der Waals surface area contributed by atoms with E-state index in [1.807, 2.05) is 30.3 Å². The van der Waals surface area contributed by atoms with Crippen LogP contribution >= 0.6 is 23.2 Å². The SMILES string of the molecule is COc1ccccc1C=C1Oc2cc(OCc3ccc(Cl)cc3Cl)ccc2C1=O. The summed E-state index contributed by atoms with van der Waals surface area (Å²) in [5.74, 6) is 1.74. The van der Waals surface area contributed by atoms with E-state index in [1.165, 1.54) is 0 Å². The van der Waals surface area contributed by atoms with Crippen LogP contribution in [0.4, 0.5) is 0 Å². The maximum Gasteiger partial charge on any atom is 0.231 e. The molecule has 0 amide bonds. The third-order valence-corrected chi connectivity index (χ3v) is 5.06. The summed E-state index contributed by atoms with van der Waals surface area (Å²) in [6, 6.07) is 17.8. The molecule has 3 aromatic carbocycles. The quantitative estimate of drug-likeness (QED) is 0.455. The molecule has 0 atom stereocenters. The minimum absolute atomic E-state index is 0.182. The average molecular weight is 427 g/mol. The van der Waals surface area contributed by atoms with E-state index >= 15 is 0 Å². The van der Waals surface area contributed by atoms with Crippen molar-refractivity contribution in [1.29, 1.82) is 0 Å². The molecule has 0 fully saturated rings. The first-order valence-electron chi connectivity index (χ1n) is 8.83. The number of benzene rings is 3. The number of hydrogen-bond donors (Lipinski definition) is 0. The van der Waals surface area contributed by atoms with Crippen LogP contribution in [0.1, 0.15) is 21.5 Å². The Morgan fingerprint density at radius 1 is 1.03 bits per heavy atom. The molecule has 0 bridgehead atoms. The van der Waals surface area contributed by atoms with Crippen molar-refractivity contribution >= 4 is 35.1 Å². The fourth-order valence-electron chi connectivity index (χ4n) is 2.98. The molecular weight excluding hydrogens is 411 g/mol. The van der Waals surface area contributed by atoms with Gasteiger partial charge in [0.15, 0.2) is 5.76 Å². The Morgan fingerprint density at radius 3 is 2.66 bits per heavy atom. The first-order chi connectivity index (χ1) is 14.0. The average Bonchev–Trinajstić information content (AvgIpc) is 3.02. The van der Waals surface area contributed by atoms with Gasteiger partial charge in [0.25, 0.3) is 0 Å². The van der Waals surface area contributed by atoms with Crippen LogP contribution in [0.15, 0.2) is 66.4 Å². The minimum atomic E-state index is -0.182. The summed E-state index contributed by atoms with van der Waals surface area (Å²) in [6.07, 6.45) is 1.68. The maximum absolute atomic E-state index is 12.7. The first kappa shape index (κ1) is 19.4. The third-order valence-electron chi connectivity index (χ3n) is 4.48. The lowest BCUT2D eigenvalue weighted by atomic mass is 10.1. The van der Waals surface area contributed by atoms with Gasteiger partial charge in [-0.05, 0) is 36.4 Å². The van der Waals surface area contributed by atoms with Crippen molar-refractivity contribution in [3.63, 3.8) is 0 Å². The number of fused-ring (bicyclic) bond motifs is 1. The number of para-hydroxylation sites is 1. The lowest BCUT2D eigenvalue weighted by Crippen LogP contribution is -1.98. The summed E-state index contributed by atoms with van der Waals surface area (Å²) < 4.78 is 16.9. The van der Waals surface area contributed by atoms with Crippen molar-refractivity contribution < 1.29 is 19.0 Å². The van der Waals surface area contributed by atoms with Gasteiger partial charge in [-0.2, -0.15) is 0 Å². The molecule has 29 heavy (non-hydrogen) atoms. The number of methoxy groups -OCH3 is 1. The van der Waals surface area contributed by atoms with E-state index in [2.05, 4.69) is 0 Å². The predicted octanol–water partition coefficient (Wildman–Crippen LogP) is 6.20. The second-order valence-electron chi connectivity index (χ2n) is 6.36. The van der Waals surface area contributed by atoms with Crippen LogP contribution in [0, 0.1) is 0 Å². The summed E-state index contributed by atoms with van der Waals surface area (Å²) in [5, 5.41) is 1.10. The lowest BCUT2D eigenvalue weighted by Gasteiger charge is -2.09. The molecule has 0 aliphatic carbocycles.